The summed E-state index contributed by atoms with van der Waals surface area (Å²) < 4.78 is 34.9. The molecule has 1 saturated carbocycles. The standard InChI is InChI=1S/C20H23N3O4S/c1-11(2)28(25,26)22-15-8-16(14-7-12(3)20(24)23(4)10-14)18-17(9-15)21-19(27-18)13-5-6-13/h7-11,13,22H,5-6H2,1-4H3. The first kappa shape index (κ1) is 18.7. The van der Waals surface area contributed by atoms with Gasteiger partial charge in [-0.25, -0.2) is 13.4 Å². The third kappa shape index (κ3) is 3.32. The molecule has 2 heterocycles. The van der Waals surface area contributed by atoms with E-state index < -0.39 is 15.3 Å². The van der Waals surface area contributed by atoms with E-state index in [0.717, 1.165) is 18.4 Å². The molecule has 2 aromatic heterocycles. The van der Waals surface area contributed by atoms with Gasteiger partial charge >= 0.3 is 0 Å². The predicted octanol–water partition coefficient (Wildman–Crippen LogP) is 3.53. The highest BCUT2D eigenvalue weighted by molar-refractivity contribution is 7.93. The minimum absolute atomic E-state index is 0.0760. The number of hydrogen-bond acceptors (Lipinski definition) is 5. The number of oxazole rings is 1. The second-order valence-corrected chi connectivity index (χ2v) is 9.96. The molecule has 0 bridgehead atoms. The maximum atomic E-state index is 12.4. The van der Waals surface area contributed by atoms with Gasteiger partial charge in [-0.1, -0.05) is 0 Å². The van der Waals surface area contributed by atoms with E-state index in [1.807, 2.05) is 0 Å². The fraction of sp³-hybridized carbons (Fsp3) is 0.400. The Balaban J connectivity index is 1.93. The number of nitrogens with zero attached hydrogens (tertiary/aromatic N) is 2. The Morgan fingerprint density at radius 3 is 2.57 bits per heavy atom. The quantitative estimate of drug-likeness (QED) is 0.706. The number of pyridine rings is 1. The molecule has 8 heteroatoms. The van der Waals surface area contributed by atoms with Crippen molar-refractivity contribution in [1.29, 1.82) is 0 Å². The molecule has 1 N–H and O–H groups in total. The monoisotopic (exact) mass is 401 g/mol. The highest BCUT2D eigenvalue weighted by Gasteiger charge is 2.30. The molecule has 1 aliphatic carbocycles. The molecular weight excluding hydrogens is 378 g/mol. The number of nitrogens with one attached hydrogen (secondary N) is 1. The van der Waals surface area contributed by atoms with E-state index in [9.17, 15) is 13.2 Å². The second kappa shape index (κ2) is 6.48. The fourth-order valence-electron chi connectivity index (χ4n) is 3.14. The predicted molar refractivity (Wildman–Crippen MR) is 109 cm³/mol. The number of fused-ring (bicyclic) bond motifs is 1. The number of benzene rings is 1. The third-order valence-corrected chi connectivity index (χ3v) is 6.75. The summed E-state index contributed by atoms with van der Waals surface area (Å²) in [6, 6.07) is 5.23. The average Bonchev–Trinajstić information content (AvgIpc) is 3.37. The molecule has 0 spiro atoms. The largest absolute Gasteiger partial charge is 0.440 e. The first-order valence-electron chi connectivity index (χ1n) is 9.29. The van der Waals surface area contributed by atoms with Crippen molar-refractivity contribution in [3.05, 3.63) is 46.2 Å². The van der Waals surface area contributed by atoms with Crippen LogP contribution in [0.2, 0.25) is 0 Å². The van der Waals surface area contributed by atoms with Crippen LogP contribution in [-0.4, -0.2) is 23.2 Å². The Morgan fingerprint density at radius 1 is 1.25 bits per heavy atom. The van der Waals surface area contributed by atoms with Crippen LogP contribution in [0.25, 0.3) is 22.2 Å². The van der Waals surface area contributed by atoms with Crippen molar-refractivity contribution in [1.82, 2.24) is 9.55 Å². The topological polar surface area (TPSA) is 94.2 Å². The lowest BCUT2D eigenvalue weighted by atomic mass is 10.0. The Kier molecular flexibility index (Phi) is 4.33. The lowest BCUT2D eigenvalue weighted by molar-refractivity contribution is 0.534. The summed E-state index contributed by atoms with van der Waals surface area (Å²) in [5.74, 6) is 1.01. The minimum Gasteiger partial charge on any atom is -0.440 e. The molecule has 148 valence electrons. The van der Waals surface area contributed by atoms with Crippen LogP contribution in [0.4, 0.5) is 5.69 Å². The molecule has 0 saturated heterocycles. The van der Waals surface area contributed by atoms with Crippen LogP contribution in [0.1, 0.15) is 44.1 Å². The van der Waals surface area contributed by atoms with Crippen molar-refractivity contribution in [2.75, 3.05) is 4.72 Å². The Labute approximate surface area is 163 Å². The van der Waals surface area contributed by atoms with Gasteiger partial charge in [0.1, 0.15) is 5.52 Å². The number of hydrogen-bond donors (Lipinski definition) is 1. The van der Waals surface area contributed by atoms with E-state index in [2.05, 4.69) is 9.71 Å². The van der Waals surface area contributed by atoms with E-state index >= 15 is 0 Å². The van der Waals surface area contributed by atoms with Gasteiger partial charge in [0.25, 0.3) is 5.56 Å². The molecule has 1 fully saturated rings. The summed E-state index contributed by atoms with van der Waals surface area (Å²) in [4.78, 5) is 16.7. The minimum atomic E-state index is -3.50. The van der Waals surface area contributed by atoms with Crippen molar-refractivity contribution < 1.29 is 12.8 Å². The normalized spacial score (nSPS) is 14.8. The van der Waals surface area contributed by atoms with E-state index in [-0.39, 0.29) is 5.56 Å². The van der Waals surface area contributed by atoms with Crippen LogP contribution in [0.3, 0.4) is 0 Å². The fourth-order valence-corrected chi connectivity index (χ4v) is 3.82. The zero-order valence-corrected chi connectivity index (χ0v) is 17.1. The van der Waals surface area contributed by atoms with Crippen LogP contribution >= 0.6 is 0 Å². The average molecular weight is 401 g/mol. The van der Waals surface area contributed by atoms with Gasteiger partial charge in [0.15, 0.2) is 11.5 Å². The van der Waals surface area contributed by atoms with Gasteiger partial charge in [-0.2, -0.15) is 0 Å². The molecule has 1 aliphatic rings. The summed E-state index contributed by atoms with van der Waals surface area (Å²) in [6.07, 6.45) is 3.83. The van der Waals surface area contributed by atoms with Crippen molar-refractivity contribution >= 4 is 26.8 Å². The van der Waals surface area contributed by atoms with Gasteiger partial charge in [-0.15, -0.1) is 0 Å². The zero-order valence-electron chi connectivity index (χ0n) is 16.3. The molecule has 28 heavy (non-hydrogen) atoms. The molecule has 0 radical (unpaired) electrons. The van der Waals surface area contributed by atoms with Crippen LogP contribution in [0, 0.1) is 6.92 Å². The summed E-state index contributed by atoms with van der Waals surface area (Å²) in [5, 5.41) is -0.564. The number of aryl methyl sites for hydroxylation is 2. The maximum absolute atomic E-state index is 12.4. The van der Waals surface area contributed by atoms with Crippen molar-refractivity contribution in [2.24, 2.45) is 7.05 Å². The Morgan fingerprint density at radius 2 is 1.96 bits per heavy atom. The van der Waals surface area contributed by atoms with Gasteiger partial charge in [0.05, 0.1) is 10.9 Å². The van der Waals surface area contributed by atoms with Crippen molar-refractivity contribution in [2.45, 2.75) is 44.8 Å². The van der Waals surface area contributed by atoms with Gasteiger partial charge in [-0.05, 0) is 51.8 Å². The number of rotatable bonds is 5. The van der Waals surface area contributed by atoms with Gasteiger partial charge in [-0.3, -0.25) is 9.52 Å². The molecule has 4 rings (SSSR count). The van der Waals surface area contributed by atoms with E-state index in [0.29, 0.717) is 39.7 Å². The van der Waals surface area contributed by atoms with Gasteiger partial charge in [0.2, 0.25) is 10.0 Å². The smallest absolute Gasteiger partial charge is 0.253 e. The van der Waals surface area contributed by atoms with Crippen LogP contribution in [-0.2, 0) is 17.1 Å². The molecule has 0 unspecified atom stereocenters. The molecule has 0 amide bonds. The summed E-state index contributed by atoms with van der Waals surface area (Å²) >= 11 is 0. The first-order chi connectivity index (χ1) is 13.2. The molecular formula is C20H23N3O4S. The molecule has 7 nitrogen and oxygen atoms in total. The molecule has 0 aliphatic heterocycles. The van der Waals surface area contributed by atoms with Crippen molar-refractivity contribution in [3.8, 4) is 11.1 Å². The van der Waals surface area contributed by atoms with E-state index in [1.54, 1.807) is 52.2 Å². The molecule has 1 aromatic carbocycles. The highest BCUT2D eigenvalue weighted by atomic mass is 32.2. The van der Waals surface area contributed by atoms with Gasteiger partial charge in [0, 0.05) is 35.9 Å². The zero-order chi connectivity index (χ0) is 20.2. The summed E-state index contributed by atoms with van der Waals surface area (Å²) in [7, 11) is -1.81. The number of anilines is 1. The third-order valence-electron chi connectivity index (χ3n) is 4.99. The lowest BCUT2D eigenvalue weighted by Crippen LogP contribution is -2.22. The van der Waals surface area contributed by atoms with E-state index in [1.165, 1.54) is 4.57 Å². The number of sulfonamides is 1. The maximum Gasteiger partial charge on any atom is 0.253 e. The van der Waals surface area contributed by atoms with Crippen LogP contribution in [0.15, 0.2) is 33.6 Å². The van der Waals surface area contributed by atoms with Gasteiger partial charge < -0.3 is 8.98 Å². The lowest BCUT2D eigenvalue weighted by Gasteiger charge is -2.13. The molecule has 3 aromatic rings. The Bertz CT molecular complexity index is 1210. The SMILES string of the molecule is Cc1cc(-c2cc(NS(=O)(=O)C(C)C)cc3nc(C4CC4)oc23)cn(C)c1=O. The first-order valence-corrected chi connectivity index (χ1v) is 10.8. The number of aromatic nitrogens is 2. The summed E-state index contributed by atoms with van der Waals surface area (Å²) in [5.41, 5.74) is 3.64. The van der Waals surface area contributed by atoms with Crippen LogP contribution < -0.4 is 10.3 Å². The van der Waals surface area contributed by atoms with Crippen molar-refractivity contribution in [3.63, 3.8) is 0 Å². The second-order valence-electron chi connectivity index (χ2n) is 7.72. The van der Waals surface area contributed by atoms with E-state index in [4.69, 9.17) is 4.42 Å². The summed E-state index contributed by atoms with van der Waals surface area (Å²) in [6.45, 7) is 5.00. The molecule has 0 atom stereocenters. The highest BCUT2D eigenvalue weighted by Crippen LogP contribution is 2.42. The Hall–Kier alpha value is -2.61. The van der Waals surface area contributed by atoms with Crippen LogP contribution in [0.5, 0.6) is 0 Å².